The minimum Gasteiger partial charge on any atom is -0.331 e. The zero-order valence-electron chi connectivity index (χ0n) is 12.5. The van der Waals surface area contributed by atoms with E-state index in [4.69, 9.17) is 34.8 Å². The molecule has 0 unspecified atom stereocenters. The summed E-state index contributed by atoms with van der Waals surface area (Å²) < 4.78 is 0. The fourth-order valence-corrected chi connectivity index (χ4v) is 3.75. The predicted octanol–water partition coefficient (Wildman–Crippen LogP) is 5.70. The lowest BCUT2D eigenvalue weighted by atomic mass is 10.3. The summed E-state index contributed by atoms with van der Waals surface area (Å²) in [5, 5.41) is 9.79. The topological polar surface area (TPSA) is 44.7 Å². The van der Waals surface area contributed by atoms with E-state index in [1.807, 2.05) is 19.1 Å². The van der Waals surface area contributed by atoms with E-state index in [2.05, 4.69) is 10.4 Å². The molecule has 4 nitrogen and oxygen atoms in total. The van der Waals surface area contributed by atoms with Gasteiger partial charge < -0.3 is 5.32 Å². The summed E-state index contributed by atoms with van der Waals surface area (Å²) >= 11 is 20.1. The summed E-state index contributed by atoms with van der Waals surface area (Å²) in [4.78, 5) is 13.6. The molecule has 0 saturated carbocycles. The third-order valence-corrected chi connectivity index (χ3v) is 5.44. The summed E-state index contributed by atoms with van der Waals surface area (Å²) in [5.41, 5.74) is 1.31. The third kappa shape index (κ3) is 3.81. The van der Waals surface area contributed by atoms with Crippen LogP contribution in [0.25, 0.3) is 0 Å². The lowest BCUT2D eigenvalue weighted by Crippen LogP contribution is -2.44. The number of hydrazone groups is 1. The van der Waals surface area contributed by atoms with Gasteiger partial charge in [-0.15, -0.1) is 0 Å². The number of anilines is 1. The Bertz CT molecular complexity index is 801. The number of nitrogens with zero attached hydrogens (tertiary/aromatic N) is 2. The van der Waals surface area contributed by atoms with Gasteiger partial charge in [-0.1, -0.05) is 46.6 Å². The molecule has 1 aliphatic rings. The molecule has 2 amide bonds. The summed E-state index contributed by atoms with van der Waals surface area (Å²) in [5.74, 6) is 0. The van der Waals surface area contributed by atoms with Crippen molar-refractivity contribution in [3.8, 4) is 0 Å². The van der Waals surface area contributed by atoms with Crippen LogP contribution in [0.4, 0.5) is 10.5 Å². The average molecular weight is 401 g/mol. The van der Waals surface area contributed by atoms with Crippen molar-refractivity contribution in [3.05, 3.63) is 51.5 Å². The van der Waals surface area contributed by atoms with Crippen molar-refractivity contribution >= 4 is 64.0 Å². The number of halogens is 3. The van der Waals surface area contributed by atoms with Gasteiger partial charge in [0.25, 0.3) is 0 Å². The Morgan fingerprint density at radius 3 is 2.38 bits per heavy atom. The van der Waals surface area contributed by atoms with Gasteiger partial charge in [-0.05, 0) is 43.3 Å². The largest absolute Gasteiger partial charge is 0.342 e. The van der Waals surface area contributed by atoms with Crippen molar-refractivity contribution in [1.29, 1.82) is 0 Å². The first kappa shape index (κ1) is 17.4. The zero-order valence-corrected chi connectivity index (χ0v) is 15.6. The quantitative estimate of drug-likeness (QED) is 0.718. The first-order chi connectivity index (χ1) is 11.4. The van der Waals surface area contributed by atoms with Crippen molar-refractivity contribution in [2.24, 2.45) is 5.10 Å². The fourth-order valence-electron chi connectivity index (χ4n) is 2.09. The molecular weight excluding hydrogens is 389 g/mol. The van der Waals surface area contributed by atoms with Gasteiger partial charge in [0.2, 0.25) is 0 Å². The number of nitrogens with one attached hydrogen (secondary N) is 1. The molecule has 3 rings (SSSR count). The number of benzene rings is 2. The highest BCUT2D eigenvalue weighted by Gasteiger charge is 2.22. The van der Waals surface area contributed by atoms with Crippen LogP contribution in [0.15, 0.2) is 51.3 Å². The number of hydrogen-bond donors (Lipinski definition) is 1. The van der Waals surface area contributed by atoms with Crippen LogP contribution in [0.1, 0.15) is 6.92 Å². The second kappa shape index (κ2) is 7.23. The van der Waals surface area contributed by atoms with Gasteiger partial charge in [-0.3, -0.25) is 0 Å². The monoisotopic (exact) mass is 399 g/mol. The Hall–Kier alpha value is -1.40. The van der Waals surface area contributed by atoms with Gasteiger partial charge in [0.05, 0.1) is 28.0 Å². The maximum Gasteiger partial charge on any atom is 0.342 e. The molecule has 0 fully saturated rings. The van der Waals surface area contributed by atoms with E-state index in [0.29, 0.717) is 32.2 Å². The van der Waals surface area contributed by atoms with Gasteiger partial charge in [0.1, 0.15) is 0 Å². The number of rotatable bonds is 3. The number of urea groups is 1. The van der Waals surface area contributed by atoms with Crippen LogP contribution in [0.3, 0.4) is 0 Å². The zero-order chi connectivity index (χ0) is 17.3. The minimum absolute atomic E-state index is 0.314. The summed E-state index contributed by atoms with van der Waals surface area (Å²) in [7, 11) is 0. The van der Waals surface area contributed by atoms with E-state index in [1.165, 1.54) is 16.8 Å². The Morgan fingerprint density at radius 1 is 1.12 bits per heavy atom. The number of amides is 2. The molecule has 8 heteroatoms. The van der Waals surface area contributed by atoms with Crippen LogP contribution >= 0.6 is 46.6 Å². The van der Waals surface area contributed by atoms with Crippen molar-refractivity contribution in [2.45, 2.75) is 16.7 Å². The smallest absolute Gasteiger partial charge is 0.331 e. The van der Waals surface area contributed by atoms with E-state index < -0.39 is 0 Å². The van der Waals surface area contributed by atoms with Crippen LogP contribution in [0, 0.1) is 0 Å². The molecule has 2 aromatic rings. The third-order valence-electron chi connectivity index (χ3n) is 3.22. The maximum atomic E-state index is 12.0. The highest BCUT2D eigenvalue weighted by Crippen LogP contribution is 2.41. The standard InChI is InChI=1S/C16H12Cl3N3OS/c1-9-8-20-16(23)22(21-9)11-6-13(18)15(14(19)7-11)24-12-4-2-10(17)3-5-12/h2-7H,8H2,1H3,(H,20,23). The predicted molar refractivity (Wildman–Crippen MR) is 101 cm³/mol. The average Bonchev–Trinajstić information content (AvgIpc) is 2.55. The van der Waals surface area contributed by atoms with Gasteiger partial charge in [-0.25, -0.2) is 4.79 Å². The van der Waals surface area contributed by atoms with Gasteiger partial charge in [0.15, 0.2) is 0 Å². The summed E-state index contributed by atoms with van der Waals surface area (Å²) in [6, 6.07) is 10.4. The Morgan fingerprint density at radius 2 is 1.75 bits per heavy atom. The molecule has 0 bridgehead atoms. The molecule has 0 radical (unpaired) electrons. The van der Waals surface area contributed by atoms with E-state index in [1.54, 1.807) is 24.3 Å². The highest BCUT2D eigenvalue weighted by molar-refractivity contribution is 7.99. The molecule has 0 aliphatic carbocycles. The van der Waals surface area contributed by atoms with Crippen LogP contribution in [0.2, 0.25) is 15.1 Å². The molecule has 0 aromatic heterocycles. The molecule has 0 atom stereocenters. The normalized spacial score (nSPS) is 14.4. The lowest BCUT2D eigenvalue weighted by molar-refractivity contribution is 0.246. The van der Waals surface area contributed by atoms with Crippen LogP contribution in [-0.4, -0.2) is 18.3 Å². The molecule has 24 heavy (non-hydrogen) atoms. The highest BCUT2D eigenvalue weighted by atomic mass is 35.5. The molecule has 2 aromatic carbocycles. The number of carbonyl (C=O) groups excluding carboxylic acids is 1. The molecular formula is C16H12Cl3N3OS. The Kier molecular flexibility index (Phi) is 5.25. The summed E-state index contributed by atoms with van der Waals surface area (Å²) in [6.45, 7) is 2.27. The van der Waals surface area contributed by atoms with Gasteiger partial charge in [-0.2, -0.15) is 10.1 Å². The fraction of sp³-hybridized carbons (Fsp3) is 0.125. The van der Waals surface area contributed by atoms with E-state index in [-0.39, 0.29) is 6.03 Å². The molecule has 1 heterocycles. The SMILES string of the molecule is CC1=NN(c2cc(Cl)c(Sc3ccc(Cl)cc3)c(Cl)c2)C(=O)NC1. The lowest BCUT2D eigenvalue weighted by Gasteiger charge is -2.24. The molecule has 0 saturated heterocycles. The second-order valence-corrected chi connectivity index (χ2v) is 7.43. The van der Waals surface area contributed by atoms with Crippen LogP contribution < -0.4 is 10.3 Å². The van der Waals surface area contributed by atoms with Gasteiger partial charge >= 0.3 is 6.03 Å². The van der Waals surface area contributed by atoms with E-state index in [9.17, 15) is 4.79 Å². The Balaban J connectivity index is 1.92. The van der Waals surface area contributed by atoms with Crippen LogP contribution in [-0.2, 0) is 0 Å². The first-order valence-electron chi connectivity index (χ1n) is 6.98. The van der Waals surface area contributed by atoms with Crippen molar-refractivity contribution in [3.63, 3.8) is 0 Å². The van der Waals surface area contributed by atoms with Gasteiger partial charge in [0, 0.05) is 14.8 Å². The van der Waals surface area contributed by atoms with E-state index in [0.717, 1.165) is 10.6 Å². The molecule has 1 N–H and O–H groups in total. The molecule has 1 aliphatic heterocycles. The summed E-state index contributed by atoms with van der Waals surface area (Å²) in [6.07, 6.45) is 0. The number of hydrogen-bond acceptors (Lipinski definition) is 3. The minimum atomic E-state index is -0.314. The van der Waals surface area contributed by atoms with Crippen molar-refractivity contribution in [1.82, 2.24) is 5.32 Å². The second-order valence-electron chi connectivity index (χ2n) is 5.10. The van der Waals surface area contributed by atoms with Crippen LogP contribution in [0.5, 0.6) is 0 Å². The number of carbonyl (C=O) groups is 1. The molecule has 124 valence electrons. The van der Waals surface area contributed by atoms with Crippen molar-refractivity contribution < 1.29 is 4.79 Å². The maximum absolute atomic E-state index is 12.0. The van der Waals surface area contributed by atoms with Crippen molar-refractivity contribution in [2.75, 3.05) is 11.6 Å². The molecule has 0 spiro atoms. The van der Waals surface area contributed by atoms with E-state index >= 15 is 0 Å². The Labute approximate surface area is 158 Å². The first-order valence-corrected chi connectivity index (χ1v) is 8.93.